The van der Waals surface area contributed by atoms with E-state index in [-0.39, 0.29) is 17.3 Å². The van der Waals surface area contributed by atoms with Gasteiger partial charge in [-0.1, -0.05) is 12.1 Å². The molecule has 33 heavy (non-hydrogen) atoms. The summed E-state index contributed by atoms with van der Waals surface area (Å²) < 4.78 is 14.8. The summed E-state index contributed by atoms with van der Waals surface area (Å²) in [5, 5.41) is 0.774. The first-order valence-electron chi connectivity index (χ1n) is 11.8. The zero-order chi connectivity index (χ0) is 22.8. The lowest BCUT2D eigenvalue weighted by atomic mass is 9.97. The predicted molar refractivity (Wildman–Crippen MR) is 128 cm³/mol. The molecule has 1 aliphatic heterocycles. The third-order valence-corrected chi connectivity index (χ3v) is 7.97. The first-order chi connectivity index (χ1) is 16.1. The van der Waals surface area contributed by atoms with Gasteiger partial charge in [-0.3, -0.25) is 19.1 Å². The van der Waals surface area contributed by atoms with Gasteiger partial charge in [0.25, 0.3) is 5.56 Å². The number of halogens is 1. The monoisotopic (exact) mass is 468 g/mol. The molecule has 2 aliphatic rings. The number of amides is 1. The van der Waals surface area contributed by atoms with Gasteiger partial charge >= 0.3 is 0 Å². The number of carbonyl (C=O) groups is 1. The van der Waals surface area contributed by atoms with E-state index in [9.17, 15) is 14.0 Å². The number of aromatic nitrogens is 2. The molecule has 3 heterocycles. The van der Waals surface area contributed by atoms with E-state index in [0.29, 0.717) is 19.5 Å². The smallest absolute Gasteiger partial charge is 0.262 e. The third kappa shape index (κ3) is 4.87. The van der Waals surface area contributed by atoms with Gasteiger partial charge < -0.3 is 4.90 Å². The van der Waals surface area contributed by atoms with Crippen LogP contribution in [0.15, 0.2) is 35.4 Å². The van der Waals surface area contributed by atoms with Crippen LogP contribution in [0.1, 0.15) is 41.7 Å². The van der Waals surface area contributed by atoms with Crippen LogP contribution in [-0.4, -0.2) is 51.4 Å². The van der Waals surface area contributed by atoms with Crippen molar-refractivity contribution in [2.24, 2.45) is 0 Å². The van der Waals surface area contributed by atoms with Crippen molar-refractivity contribution in [2.75, 3.05) is 26.2 Å². The molecule has 0 unspecified atom stereocenters. The highest BCUT2D eigenvalue weighted by Crippen LogP contribution is 2.33. The fraction of sp³-hybridized carbons (Fsp3) is 0.480. The molecule has 1 fully saturated rings. The highest BCUT2D eigenvalue weighted by atomic mass is 32.1. The Kier molecular flexibility index (Phi) is 6.55. The fourth-order valence-corrected chi connectivity index (χ4v) is 6.16. The number of thiophene rings is 1. The summed E-state index contributed by atoms with van der Waals surface area (Å²) in [7, 11) is 0. The number of hydrogen-bond donors (Lipinski definition) is 0. The largest absolute Gasteiger partial charge is 0.341 e. The summed E-state index contributed by atoms with van der Waals surface area (Å²) in [4.78, 5) is 36.9. The van der Waals surface area contributed by atoms with Crippen molar-refractivity contribution in [2.45, 2.75) is 51.6 Å². The van der Waals surface area contributed by atoms with E-state index >= 15 is 0 Å². The average molecular weight is 469 g/mol. The first-order valence-corrected chi connectivity index (χ1v) is 12.6. The van der Waals surface area contributed by atoms with Crippen LogP contribution in [0, 0.1) is 5.82 Å². The van der Waals surface area contributed by atoms with Gasteiger partial charge in [0.15, 0.2) is 0 Å². The Morgan fingerprint density at radius 3 is 2.70 bits per heavy atom. The van der Waals surface area contributed by atoms with Crippen LogP contribution in [0.5, 0.6) is 0 Å². The summed E-state index contributed by atoms with van der Waals surface area (Å²) >= 11 is 1.65. The molecule has 2 aromatic heterocycles. The minimum absolute atomic E-state index is 0.00598. The van der Waals surface area contributed by atoms with E-state index in [1.54, 1.807) is 22.2 Å². The summed E-state index contributed by atoms with van der Waals surface area (Å²) in [6.45, 7) is 4.21. The number of fused-ring (bicyclic) bond motifs is 3. The minimum Gasteiger partial charge on any atom is -0.341 e. The first kappa shape index (κ1) is 22.2. The summed E-state index contributed by atoms with van der Waals surface area (Å²) in [6.07, 6.45) is 7.11. The van der Waals surface area contributed by atoms with Crippen molar-refractivity contribution >= 4 is 27.5 Å². The second kappa shape index (κ2) is 9.73. The van der Waals surface area contributed by atoms with Gasteiger partial charge in [-0.05, 0) is 55.4 Å². The quantitative estimate of drug-likeness (QED) is 0.574. The topological polar surface area (TPSA) is 58.4 Å². The van der Waals surface area contributed by atoms with Crippen molar-refractivity contribution in [1.29, 1.82) is 0 Å². The second-order valence-electron chi connectivity index (χ2n) is 9.02. The molecule has 0 atom stereocenters. The zero-order valence-electron chi connectivity index (χ0n) is 18.8. The number of aryl methyl sites for hydroxylation is 3. The Labute approximate surface area is 196 Å². The van der Waals surface area contributed by atoms with E-state index in [4.69, 9.17) is 0 Å². The SMILES string of the molecule is O=C(CCn1cnc2sc3c(c2c1=O)CCCC3)N1CCCN(Cc2ccc(F)cc2)CC1. The molecule has 8 heteroatoms. The molecule has 0 radical (unpaired) electrons. The summed E-state index contributed by atoms with van der Waals surface area (Å²) in [6, 6.07) is 6.61. The zero-order valence-corrected chi connectivity index (χ0v) is 19.6. The van der Waals surface area contributed by atoms with Gasteiger partial charge in [0.2, 0.25) is 5.91 Å². The lowest BCUT2D eigenvalue weighted by Gasteiger charge is -2.22. The molecular formula is C25H29FN4O2S. The van der Waals surface area contributed by atoms with Crippen molar-refractivity contribution in [3.8, 4) is 0 Å². The summed E-state index contributed by atoms with van der Waals surface area (Å²) in [5.74, 6) is -0.142. The van der Waals surface area contributed by atoms with Crippen molar-refractivity contribution < 1.29 is 9.18 Å². The predicted octanol–water partition coefficient (Wildman–Crippen LogP) is 3.60. The van der Waals surface area contributed by atoms with Gasteiger partial charge in [0.1, 0.15) is 10.6 Å². The van der Waals surface area contributed by atoms with E-state index in [1.807, 2.05) is 17.0 Å². The van der Waals surface area contributed by atoms with Crippen LogP contribution in [0.4, 0.5) is 4.39 Å². The maximum atomic E-state index is 13.1. The maximum Gasteiger partial charge on any atom is 0.262 e. The van der Waals surface area contributed by atoms with Crippen LogP contribution >= 0.6 is 11.3 Å². The molecule has 0 spiro atoms. The van der Waals surface area contributed by atoms with Crippen LogP contribution < -0.4 is 5.56 Å². The number of benzene rings is 1. The molecule has 0 N–H and O–H groups in total. The van der Waals surface area contributed by atoms with Crippen LogP contribution in [0.2, 0.25) is 0 Å². The Hall–Kier alpha value is -2.58. The molecule has 174 valence electrons. The Bertz CT molecular complexity index is 1200. The van der Waals surface area contributed by atoms with E-state index in [2.05, 4.69) is 9.88 Å². The van der Waals surface area contributed by atoms with Gasteiger partial charge in [0.05, 0.1) is 11.7 Å². The third-order valence-electron chi connectivity index (χ3n) is 6.77. The van der Waals surface area contributed by atoms with Gasteiger partial charge in [0, 0.05) is 50.6 Å². The molecule has 5 rings (SSSR count). The number of nitrogens with zero attached hydrogens (tertiary/aromatic N) is 4. The molecule has 1 saturated heterocycles. The molecule has 3 aromatic rings. The van der Waals surface area contributed by atoms with Gasteiger partial charge in [-0.25, -0.2) is 9.37 Å². The highest BCUT2D eigenvalue weighted by molar-refractivity contribution is 7.18. The average Bonchev–Trinajstić information content (AvgIpc) is 3.05. The number of carbonyl (C=O) groups excluding carboxylic acids is 1. The van der Waals surface area contributed by atoms with Crippen LogP contribution in [-0.2, 0) is 30.7 Å². The molecule has 0 saturated carbocycles. The minimum atomic E-state index is -0.223. The molecule has 1 amide bonds. The van der Waals surface area contributed by atoms with E-state index in [1.165, 1.54) is 29.0 Å². The number of hydrogen-bond acceptors (Lipinski definition) is 5. The standard InChI is InChI=1S/C25H29FN4O2S/c26-19-8-6-18(7-9-19)16-28-11-3-12-29(15-14-28)22(31)10-13-30-17-27-24-23(25(30)32)20-4-1-2-5-21(20)33-24/h6-9,17H,1-5,10-16H2. The van der Waals surface area contributed by atoms with Gasteiger partial charge in [-0.2, -0.15) is 0 Å². The second-order valence-corrected chi connectivity index (χ2v) is 10.1. The Morgan fingerprint density at radius 1 is 1.03 bits per heavy atom. The Balaban J connectivity index is 1.20. The molecule has 1 aromatic carbocycles. The fourth-order valence-electron chi connectivity index (χ4n) is 4.94. The Morgan fingerprint density at radius 2 is 1.85 bits per heavy atom. The normalized spacial score (nSPS) is 17.2. The lowest BCUT2D eigenvalue weighted by Crippen LogP contribution is -2.36. The van der Waals surface area contributed by atoms with Gasteiger partial charge in [-0.15, -0.1) is 11.3 Å². The van der Waals surface area contributed by atoms with E-state index < -0.39 is 0 Å². The summed E-state index contributed by atoms with van der Waals surface area (Å²) in [5.41, 5.74) is 2.26. The van der Waals surface area contributed by atoms with Crippen molar-refractivity contribution in [1.82, 2.24) is 19.4 Å². The van der Waals surface area contributed by atoms with Crippen LogP contribution in [0.25, 0.3) is 10.2 Å². The molecule has 0 bridgehead atoms. The van der Waals surface area contributed by atoms with Crippen LogP contribution in [0.3, 0.4) is 0 Å². The van der Waals surface area contributed by atoms with Crippen molar-refractivity contribution in [3.05, 3.63) is 62.8 Å². The molecule has 1 aliphatic carbocycles. The maximum absolute atomic E-state index is 13.1. The number of rotatable bonds is 5. The van der Waals surface area contributed by atoms with E-state index in [0.717, 1.165) is 67.6 Å². The van der Waals surface area contributed by atoms with Crippen molar-refractivity contribution in [3.63, 3.8) is 0 Å². The lowest BCUT2D eigenvalue weighted by molar-refractivity contribution is -0.131. The molecule has 6 nitrogen and oxygen atoms in total. The molecular weight excluding hydrogens is 439 g/mol. The highest BCUT2D eigenvalue weighted by Gasteiger charge is 2.22.